The summed E-state index contributed by atoms with van der Waals surface area (Å²) in [6.45, 7) is 6.62. The molecule has 164 valence electrons. The van der Waals surface area contributed by atoms with Gasteiger partial charge < -0.3 is 4.74 Å². The molecule has 0 unspecified atom stereocenters. The molecule has 1 aromatic carbocycles. The van der Waals surface area contributed by atoms with Crippen LogP contribution < -0.4 is 0 Å². The maximum Gasteiger partial charge on any atom is 0.302 e. The van der Waals surface area contributed by atoms with Crippen LogP contribution in [0.5, 0.6) is 0 Å². The van der Waals surface area contributed by atoms with Crippen LogP contribution in [0.3, 0.4) is 0 Å². The Morgan fingerprint density at radius 2 is 1.81 bits per heavy atom. The third-order valence-electron chi connectivity index (χ3n) is 9.65. The van der Waals surface area contributed by atoms with Gasteiger partial charge in [-0.25, -0.2) is 0 Å². The van der Waals surface area contributed by atoms with Gasteiger partial charge in [-0.2, -0.15) is 0 Å². The lowest BCUT2D eigenvalue weighted by molar-refractivity contribution is -0.158. The summed E-state index contributed by atoms with van der Waals surface area (Å²) < 4.78 is 5.62. The molecule has 7 atom stereocenters. The lowest BCUT2D eigenvalue weighted by atomic mass is 9.44. The summed E-state index contributed by atoms with van der Waals surface area (Å²) >= 11 is 0. The van der Waals surface area contributed by atoms with E-state index < -0.39 is 0 Å². The lowest BCUT2D eigenvalue weighted by Crippen LogP contribution is -2.53. The topological polar surface area (TPSA) is 26.3 Å². The summed E-state index contributed by atoms with van der Waals surface area (Å²) in [5, 5.41) is 0. The van der Waals surface area contributed by atoms with Gasteiger partial charge in [-0.05, 0) is 92.6 Å². The minimum atomic E-state index is -0.114. The highest BCUT2D eigenvalue weighted by molar-refractivity contribution is 5.66. The van der Waals surface area contributed by atoms with Crippen molar-refractivity contribution in [1.82, 2.24) is 0 Å². The van der Waals surface area contributed by atoms with E-state index in [0.29, 0.717) is 11.3 Å². The van der Waals surface area contributed by atoms with Gasteiger partial charge in [-0.1, -0.05) is 50.0 Å². The van der Waals surface area contributed by atoms with Crippen molar-refractivity contribution in [3.8, 4) is 11.8 Å². The van der Waals surface area contributed by atoms with Gasteiger partial charge in [0.15, 0.2) is 0 Å². The number of esters is 1. The lowest BCUT2D eigenvalue weighted by Gasteiger charge is -2.60. The smallest absolute Gasteiger partial charge is 0.302 e. The summed E-state index contributed by atoms with van der Waals surface area (Å²) in [6.07, 6.45) is 12.4. The molecule has 0 aromatic heterocycles. The van der Waals surface area contributed by atoms with Gasteiger partial charge in [-0.3, -0.25) is 4.79 Å². The number of carbonyl (C=O) groups is 1. The van der Waals surface area contributed by atoms with E-state index in [9.17, 15) is 4.79 Å². The zero-order valence-corrected chi connectivity index (χ0v) is 19.3. The number of rotatable bonds is 1. The number of allylic oxidation sites excluding steroid dienone is 2. The number of hydrogen-bond donors (Lipinski definition) is 0. The normalized spacial score (nSPS) is 41.0. The second kappa shape index (κ2) is 7.84. The fraction of sp³-hybridized carbons (Fsp3) is 0.621. The van der Waals surface area contributed by atoms with E-state index in [2.05, 4.69) is 62.1 Å². The Hall–Kier alpha value is -2.01. The Morgan fingerprint density at radius 1 is 1.00 bits per heavy atom. The number of carbonyl (C=O) groups excluding carboxylic acids is 1. The van der Waals surface area contributed by atoms with E-state index >= 15 is 0 Å². The predicted molar refractivity (Wildman–Crippen MR) is 124 cm³/mol. The number of ether oxygens (including phenoxy) is 1. The van der Waals surface area contributed by atoms with Crippen molar-refractivity contribution in [3.05, 3.63) is 47.5 Å². The molecule has 2 heteroatoms. The van der Waals surface area contributed by atoms with Crippen LogP contribution >= 0.6 is 0 Å². The molecule has 3 saturated carbocycles. The highest BCUT2D eigenvalue weighted by Gasteiger charge is 2.58. The first-order valence-electron chi connectivity index (χ1n) is 12.3. The zero-order valence-electron chi connectivity index (χ0n) is 19.3. The van der Waals surface area contributed by atoms with Gasteiger partial charge in [0.25, 0.3) is 0 Å². The van der Waals surface area contributed by atoms with E-state index in [1.54, 1.807) is 6.92 Å². The molecular weight excluding hydrogens is 380 g/mol. The van der Waals surface area contributed by atoms with Gasteiger partial charge in [0, 0.05) is 23.5 Å². The number of benzene rings is 1. The fourth-order valence-electron chi connectivity index (χ4n) is 7.98. The molecule has 5 rings (SSSR count). The molecule has 0 spiro atoms. The minimum absolute atomic E-state index is 0.114. The molecule has 0 saturated heterocycles. The van der Waals surface area contributed by atoms with Crippen molar-refractivity contribution in [2.75, 3.05) is 0 Å². The van der Waals surface area contributed by atoms with Crippen LogP contribution in [0.2, 0.25) is 0 Å². The minimum Gasteiger partial charge on any atom is -0.463 e. The quantitative estimate of drug-likeness (QED) is 0.383. The van der Waals surface area contributed by atoms with E-state index in [4.69, 9.17) is 4.74 Å². The van der Waals surface area contributed by atoms with E-state index in [0.717, 1.165) is 36.2 Å². The monoisotopic (exact) mass is 416 g/mol. The molecule has 0 radical (unpaired) electrons. The van der Waals surface area contributed by atoms with Crippen molar-refractivity contribution >= 4 is 5.97 Å². The van der Waals surface area contributed by atoms with Crippen LogP contribution in [-0.4, -0.2) is 12.1 Å². The molecule has 0 N–H and O–H groups in total. The van der Waals surface area contributed by atoms with Crippen LogP contribution in [0.25, 0.3) is 0 Å². The summed E-state index contributed by atoms with van der Waals surface area (Å²) in [7, 11) is 0. The van der Waals surface area contributed by atoms with Gasteiger partial charge >= 0.3 is 5.97 Å². The van der Waals surface area contributed by atoms with Crippen LogP contribution in [0.15, 0.2) is 42.0 Å². The highest BCUT2D eigenvalue weighted by Crippen LogP contribution is 2.66. The van der Waals surface area contributed by atoms with Gasteiger partial charge in [-0.15, -0.1) is 0 Å². The van der Waals surface area contributed by atoms with Crippen LogP contribution in [0.1, 0.15) is 77.7 Å². The van der Waals surface area contributed by atoms with Crippen molar-refractivity contribution in [3.63, 3.8) is 0 Å². The summed E-state index contributed by atoms with van der Waals surface area (Å²) in [5.74, 6) is 9.99. The maximum absolute atomic E-state index is 11.5. The van der Waals surface area contributed by atoms with Crippen molar-refractivity contribution in [1.29, 1.82) is 0 Å². The second-order valence-electron chi connectivity index (χ2n) is 11.1. The zero-order chi connectivity index (χ0) is 21.6. The van der Waals surface area contributed by atoms with E-state index in [-0.39, 0.29) is 17.5 Å². The Bertz CT molecular complexity index is 934. The molecule has 0 bridgehead atoms. The number of fused-ring (bicyclic) bond motifs is 5. The maximum atomic E-state index is 11.5. The molecule has 31 heavy (non-hydrogen) atoms. The third-order valence-corrected chi connectivity index (χ3v) is 9.65. The van der Waals surface area contributed by atoms with E-state index in [1.807, 2.05) is 0 Å². The highest BCUT2D eigenvalue weighted by atomic mass is 16.5. The van der Waals surface area contributed by atoms with Crippen molar-refractivity contribution < 1.29 is 9.53 Å². The average molecular weight is 417 g/mol. The summed E-state index contributed by atoms with van der Waals surface area (Å²) in [6, 6.07) is 10.4. The van der Waals surface area contributed by atoms with Crippen molar-refractivity contribution in [2.24, 2.45) is 34.5 Å². The molecule has 1 aromatic rings. The predicted octanol–water partition coefficient (Wildman–Crippen LogP) is 6.55. The first kappa shape index (κ1) is 20.9. The van der Waals surface area contributed by atoms with Crippen LogP contribution in [0, 0.1) is 46.3 Å². The average Bonchev–Trinajstić information content (AvgIpc) is 3.09. The molecular formula is C29H36O2. The Morgan fingerprint density at radius 3 is 2.58 bits per heavy atom. The summed E-state index contributed by atoms with van der Waals surface area (Å²) in [4.78, 5) is 11.5. The molecule has 0 heterocycles. The largest absolute Gasteiger partial charge is 0.463 e. The Labute approximate surface area is 187 Å². The van der Waals surface area contributed by atoms with Crippen LogP contribution in [0.4, 0.5) is 0 Å². The van der Waals surface area contributed by atoms with E-state index in [1.165, 1.54) is 44.1 Å². The fourth-order valence-corrected chi connectivity index (χ4v) is 7.98. The first-order valence-corrected chi connectivity index (χ1v) is 12.3. The van der Waals surface area contributed by atoms with Gasteiger partial charge in [0.2, 0.25) is 0 Å². The SMILES string of the molecule is CC(=O)O[C@H]1CC[C@@]2(C)[C@@H](CC[C@@H]3[C@@H]2CC[C@]2(C)C(C#Cc4ccccc4)=CC[C@@H]32)C1. The van der Waals surface area contributed by atoms with Gasteiger partial charge in [0.05, 0.1) is 0 Å². The summed E-state index contributed by atoms with van der Waals surface area (Å²) in [5.41, 5.74) is 3.17. The molecule has 2 nitrogen and oxygen atoms in total. The number of hydrogen-bond acceptors (Lipinski definition) is 2. The Balaban J connectivity index is 1.33. The third kappa shape index (κ3) is 3.55. The first-order chi connectivity index (χ1) is 14.9. The van der Waals surface area contributed by atoms with Crippen molar-refractivity contribution in [2.45, 2.75) is 78.2 Å². The molecule has 0 aliphatic heterocycles. The Kier molecular flexibility index (Phi) is 5.28. The molecule has 3 fully saturated rings. The van der Waals surface area contributed by atoms with Crippen LogP contribution in [-0.2, 0) is 9.53 Å². The molecule has 4 aliphatic rings. The standard InChI is InChI=1S/C29H36O2/c1-20(30)31-24-15-17-29(3)23(19-24)11-13-25-26-14-12-22(28(26,2)18-16-27(25)29)10-9-21-7-5-4-6-8-21/h4-8,12,23-27H,11,13-19H2,1-3H3/t23-,24-,25-,26-,27-,28+,29-/m0/s1. The molecule has 4 aliphatic carbocycles. The second-order valence-corrected chi connectivity index (χ2v) is 11.1. The van der Waals surface area contributed by atoms with Gasteiger partial charge in [0.1, 0.15) is 6.10 Å². The molecule has 0 amide bonds.